The van der Waals surface area contributed by atoms with Gasteiger partial charge in [-0.1, -0.05) is 42.5 Å². The molecule has 0 fully saturated rings. The van der Waals surface area contributed by atoms with Crippen LogP contribution in [0, 0.1) is 0 Å². The van der Waals surface area contributed by atoms with E-state index < -0.39 is 5.97 Å². The second-order valence-electron chi connectivity index (χ2n) is 8.36. The minimum absolute atomic E-state index is 0.104. The van der Waals surface area contributed by atoms with Gasteiger partial charge >= 0.3 is 5.97 Å². The van der Waals surface area contributed by atoms with Gasteiger partial charge in [0.15, 0.2) is 13.2 Å². The molecule has 0 aliphatic rings. The highest BCUT2D eigenvalue weighted by Crippen LogP contribution is 2.29. The van der Waals surface area contributed by atoms with E-state index in [-0.39, 0.29) is 37.2 Å². The Labute approximate surface area is 226 Å². The fraction of sp³-hybridized carbons (Fsp3) is 0.250. The summed E-state index contributed by atoms with van der Waals surface area (Å²) in [7, 11) is 0. The van der Waals surface area contributed by atoms with Crippen molar-refractivity contribution in [3.63, 3.8) is 0 Å². The van der Waals surface area contributed by atoms with E-state index in [0.717, 1.165) is 5.56 Å². The van der Waals surface area contributed by atoms with Crippen molar-refractivity contribution in [3.8, 4) is 22.6 Å². The van der Waals surface area contributed by atoms with Crippen molar-refractivity contribution < 1.29 is 28.6 Å². The molecule has 0 heterocycles. The molecule has 0 spiro atoms. The summed E-state index contributed by atoms with van der Waals surface area (Å²) < 4.78 is 16.8. The van der Waals surface area contributed by atoms with Crippen molar-refractivity contribution in [3.05, 3.63) is 83.9 Å². The molecule has 0 saturated carbocycles. The molecule has 3 aromatic carbocycles. The van der Waals surface area contributed by atoms with Crippen LogP contribution in [0.25, 0.3) is 11.1 Å². The SMILES string of the molecule is NCCNC(=O)COc1cccc(-c2cc(OCC(=O)NCCNN)cc(C(=O)OCc3ccccc3)c2)c1. The van der Waals surface area contributed by atoms with E-state index in [4.69, 9.17) is 25.8 Å². The van der Waals surface area contributed by atoms with Gasteiger partial charge < -0.3 is 30.6 Å². The van der Waals surface area contributed by atoms with Crippen LogP contribution in [0.4, 0.5) is 0 Å². The number of ether oxygens (including phenoxy) is 3. The third kappa shape index (κ3) is 10.1. The third-order valence-corrected chi connectivity index (χ3v) is 5.32. The maximum Gasteiger partial charge on any atom is 0.338 e. The largest absolute Gasteiger partial charge is 0.484 e. The molecule has 39 heavy (non-hydrogen) atoms. The molecule has 2 amide bonds. The van der Waals surface area contributed by atoms with Gasteiger partial charge in [-0.2, -0.15) is 0 Å². The lowest BCUT2D eigenvalue weighted by molar-refractivity contribution is -0.123. The number of hydrogen-bond donors (Lipinski definition) is 5. The number of benzene rings is 3. The Morgan fingerprint density at radius 2 is 1.41 bits per heavy atom. The highest BCUT2D eigenvalue weighted by atomic mass is 16.5. The molecular weight excluding hydrogens is 502 g/mol. The molecule has 0 aliphatic carbocycles. The van der Waals surface area contributed by atoms with E-state index >= 15 is 0 Å². The normalized spacial score (nSPS) is 10.4. The van der Waals surface area contributed by atoms with Gasteiger partial charge in [-0.25, -0.2) is 4.79 Å². The first-order chi connectivity index (χ1) is 19.0. The average molecular weight is 536 g/mol. The van der Waals surface area contributed by atoms with E-state index in [1.54, 1.807) is 30.3 Å². The van der Waals surface area contributed by atoms with Crippen LogP contribution in [-0.4, -0.2) is 57.2 Å². The van der Waals surface area contributed by atoms with Crippen LogP contribution in [0.2, 0.25) is 0 Å². The predicted octanol–water partition coefficient (Wildman–Crippen LogP) is 1.12. The number of hydrazine groups is 1. The molecule has 0 atom stereocenters. The van der Waals surface area contributed by atoms with Gasteiger partial charge in [0.1, 0.15) is 18.1 Å². The zero-order valence-electron chi connectivity index (χ0n) is 21.5. The van der Waals surface area contributed by atoms with Crippen molar-refractivity contribution in [1.29, 1.82) is 0 Å². The fourth-order valence-electron chi connectivity index (χ4n) is 3.42. The van der Waals surface area contributed by atoms with E-state index in [1.165, 1.54) is 6.07 Å². The molecule has 206 valence electrons. The lowest BCUT2D eigenvalue weighted by Crippen LogP contribution is -2.36. The number of carbonyl (C=O) groups is 3. The summed E-state index contributed by atoms with van der Waals surface area (Å²) in [5.74, 6) is 4.80. The zero-order chi connectivity index (χ0) is 27.9. The van der Waals surface area contributed by atoms with E-state index in [0.29, 0.717) is 48.8 Å². The Kier molecular flexibility index (Phi) is 11.7. The molecule has 0 aromatic heterocycles. The Morgan fingerprint density at radius 3 is 2.13 bits per heavy atom. The van der Waals surface area contributed by atoms with Crippen LogP contribution in [0.1, 0.15) is 15.9 Å². The number of hydrogen-bond acceptors (Lipinski definition) is 9. The Morgan fingerprint density at radius 1 is 0.718 bits per heavy atom. The second-order valence-corrected chi connectivity index (χ2v) is 8.36. The number of esters is 1. The summed E-state index contributed by atoms with van der Waals surface area (Å²) in [4.78, 5) is 36.9. The first kappa shape index (κ1) is 29.1. The number of carbonyl (C=O) groups excluding carboxylic acids is 3. The first-order valence-electron chi connectivity index (χ1n) is 12.4. The Bertz CT molecular complexity index is 1240. The highest BCUT2D eigenvalue weighted by Gasteiger charge is 2.14. The summed E-state index contributed by atoms with van der Waals surface area (Å²) in [5.41, 5.74) is 10.3. The van der Waals surface area contributed by atoms with E-state index in [1.807, 2.05) is 36.4 Å². The minimum Gasteiger partial charge on any atom is -0.484 e. The molecule has 11 heteroatoms. The molecule has 0 bridgehead atoms. The van der Waals surface area contributed by atoms with Crippen LogP contribution in [0.15, 0.2) is 72.8 Å². The molecule has 3 aromatic rings. The summed E-state index contributed by atoms with van der Waals surface area (Å²) in [5, 5.41) is 5.30. The summed E-state index contributed by atoms with van der Waals surface area (Å²) in [6.07, 6.45) is 0. The lowest BCUT2D eigenvalue weighted by atomic mass is 10.0. The van der Waals surface area contributed by atoms with Gasteiger partial charge in [-0.3, -0.25) is 20.9 Å². The van der Waals surface area contributed by atoms with Gasteiger partial charge in [0.25, 0.3) is 11.8 Å². The van der Waals surface area contributed by atoms with Crippen LogP contribution in [-0.2, 0) is 20.9 Å². The van der Waals surface area contributed by atoms with Crippen LogP contribution >= 0.6 is 0 Å². The Balaban J connectivity index is 1.78. The Hall–Kier alpha value is -4.45. The quantitative estimate of drug-likeness (QED) is 0.0829. The zero-order valence-corrected chi connectivity index (χ0v) is 21.5. The smallest absolute Gasteiger partial charge is 0.338 e. The molecular formula is C28H33N5O6. The maximum atomic E-state index is 12.9. The van der Waals surface area contributed by atoms with Gasteiger partial charge in [0.05, 0.1) is 5.56 Å². The van der Waals surface area contributed by atoms with Gasteiger partial charge in [0.2, 0.25) is 0 Å². The second kappa shape index (κ2) is 15.7. The van der Waals surface area contributed by atoms with Crippen molar-refractivity contribution in [1.82, 2.24) is 16.1 Å². The number of rotatable bonds is 15. The number of nitrogens with two attached hydrogens (primary N) is 2. The average Bonchev–Trinajstić information content (AvgIpc) is 2.97. The third-order valence-electron chi connectivity index (χ3n) is 5.32. The van der Waals surface area contributed by atoms with Crippen LogP contribution in [0.3, 0.4) is 0 Å². The highest BCUT2D eigenvalue weighted by molar-refractivity contribution is 5.92. The molecule has 0 aliphatic heterocycles. The number of nitrogens with one attached hydrogen (secondary N) is 3. The standard InChI is InChI=1S/C28H33N5O6/c29-9-10-31-26(34)18-37-24-8-4-7-21(14-24)22-13-23(28(36)39-17-20-5-2-1-3-6-20)16-25(15-22)38-19-27(35)32-11-12-33-30/h1-8,13-16,33H,9-12,17-19,29-30H2,(H,31,34)(H,32,35). The van der Waals surface area contributed by atoms with Gasteiger partial charge in [-0.05, 0) is 47.0 Å². The summed E-state index contributed by atoms with van der Waals surface area (Å²) in [6, 6.07) is 21.3. The monoisotopic (exact) mass is 535 g/mol. The van der Waals surface area contributed by atoms with E-state index in [2.05, 4.69) is 16.1 Å². The predicted molar refractivity (Wildman–Crippen MR) is 146 cm³/mol. The van der Waals surface area contributed by atoms with E-state index in [9.17, 15) is 14.4 Å². The first-order valence-corrected chi connectivity index (χ1v) is 12.4. The lowest BCUT2D eigenvalue weighted by Gasteiger charge is -2.13. The molecule has 3 rings (SSSR count). The molecule has 0 unspecified atom stereocenters. The van der Waals surface area contributed by atoms with Crippen molar-refractivity contribution in [2.75, 3.05) is 39.4 Å². The topological polar surface area (TPSA) is 167 Å². The fourth-order valence-corrected chi connectivity index (χ4v) is 3.42. The molecule has 11 nitrogen and oxygen atoms in total. The molecule has 0 radical (unpaired) electrons. The van der Waals surface area contributed by atoms with Crippen LogP contribution < -0.4 is 37.1 Å². The minimum atomic E-state index is -0.548. The van der Waals surface area contributed by atoms with Crippen molar-refractivity contribution in [2.45, 2.75) is 6.61 Å². The van der Waals surface area contributed by atoms with Crippen LogP contribution in [0.5, 0.6) is 11.5 Å². The van der Waals surface area contributed by atoms with Crippen molar-refractivity contribution in [2.24, 2.45) is 11.6 Å². The molecule has 7 N–H and O–H groups in total. The summed E-state index contributed by atoms with van der Waals surface area (Å²) >= 11 is 0. The number of amides is 2. The van der Waals surface area contributed by atoms with Gasteiger partial charge in [-0.15, -0.1) is 0 Å². The van der Waals surface area contributed by atoms with Gasteiger partial charge in [0, 0.05) is 26.2 Å². The molecule has 0 saturated heterocycles. The van der Waals surface area contributed by atoms with Crippen molar-refractivity contribution >= 4 is 17.8 Å². The maximum absolute atomic E-state index is 12.9. The summed E-state index contributed by atoms with van der Waals surface area (Å²) in [6.45, 7) is 1.13.